The minimum atomic E-state index is -3.84. The van der Waals surface area contributed by atoms with E-state index in [2.05, 4.69) is 25.5 Å². The first kappa shape index (κ1) is 24.2. The van der Waals surface area contributed by atoms with Gasteiger partial charge in [0, 0.05) is 12.8 Å². The molecule has 6 N–H and O–H groups in total. The molecule has 0 aromatic rings. The number of unbranched alkanes of at least 4 members (excludes halogenated alkanes) is 1. The standard InChI is InChI=1S/C17H34O8/c1-5-14(6-2,7-3)12-10-9-11-13(18)25-15(8-4,16(19,20)21)17(22,23)24/h19-24H,5-12H2,1-4H3. The summed E-state index contributed by atoms with van der Waals surface area (Å²) in [5.74, 6) is -8.66. The minimum absolute atomic E-state index is 0.124. The highest BCUT2D eigenvalue weighted by Gasteiger charge is 2.65. The Hall–Kier alpha value is -0.770. The highest BCUT2D eigenvalue weighted by atomic mass is 16.8. The van der Waals surface area contributed by atoms with E-state index in [1.54, 1.807) is 0 Å². The second-order valence-corrected chi connectivity index (χ2v) is 6.69. The minimum Gasteiger partial charge on any atom is -0.442 e. The van der Waals surface area contributed by atoms with Gasteiger partial charge in [-0.15, -0.1) is 0 Å². The van der Waals surface area contributed by atoms with E-state index in [4.69, 9.17) is 0 Å². The molecule has 0 aromatic carbocycles. The molecule has 0 radical (unpaired) electrons. The van der Waals surface area contributed by atoms with Crippen LogP contribution in [0.1, 0.15) is 79.1 Å². The lowest BCUT2D eigenvalue weighted by Crippen LogP contribution is -2.69. The molecule has 0 unspecified atom stereocenters. The molecular formula is C17H34O8. The maximum absolute atomic E-state index is 12.0. The van der Waals surface area contributed by atoms with Crippen LogP contribution in [0.2, 0.25) is 0 Å². The number of esters is 1. The molecule has 0 amide bonds. The van der Waals surface area contributed by atoms with Crippen LogP contribution >= 0.6 is 0 Å². The number of ether oxygens (including phenoxy) is 1. The van der Waals surface area contributed by atoms with Crippen molar-refractivity contribution in [3.8, 4) is 0 Å². The predicted molar refractivity (Wildman–Crippen MR) is 89.7 cm³/mol. The Morgan fingerprint density at radius 2 is 1.20 bits per heavy atom. The summed E-state index contributed by atoms with van der Waals surface area (Å²) < 4.78 is 4.69. The maximum Gasteiger partial charge on any atom is 0.326 e. The first-order chi connectivity index (χ1) is 11.3. The molecule has 0 aliphatic carbocycles. The second-order valence-electron chi connectivity index (χ2n) is 6.69. The number of rotatable bonds is 12. The third kappa shape index (κ3) is 5.87. The molecule has 0 atom stereocenters. The van der Waals surface area contributed by atoms with Crippen molar-refractivity contribution < 1.29 is 40.2 Å². The molecule has 25 heavy (non-hydrogen) atoms. The Bertz CT molecular complexity index is 382. The van der Waals surface area contributed by atoms with E-state index < -0.39 is 29.9 Å². The fraction of sp³-hybridized carbons (Fsp3) is 0.941. The van der Waals surface area contributed by atoms with Gasteiger partial charge in [0.05, 0.1) is 0 Å². The molecule has 8 nitrogen and oxygen atoms in total. The van der Waals surface area contributed by atoms with Crippen LogP contribution in [0.5, 0.6) is 0 Å². The molecule has 0 bridgehead atoms. The highest BCUT2D eigenvalue weighted by Crippen LogP contribution is 2.37. The summed E-state index contributed by atoms with van der Waals surface area (Å²) in [4.78, 5) is 12.0. The molecule has 150 valence electrons. The van der Waals surface area contributed by atoms with Crippen molar-refractivity contribution in [1.29, 1.82) is 0 Å². The van der Waals surface area contributed by atoms with Crippen LogP contribution in [0.4, 0.5) is 0 Å². The number of carbonyl (C=O) groups is 1. The fourth-order valence-corrected chi connectivity index (χ4v) is 3.20. The van der Waals surface area contributed by atoms with Crippen molar-refractivity contribution in [2.24, 2.45) is 5.41 Å². The average molecular weight is 366 g/mol. The summed E-state index contributed by atoms with van der Waals surface area (Å²) >= 11 is 0. The topological polar surface area (TPSA) is 148 Å². The molecule has 0 rings (SSSR count). The molecule has 8 heteroatoms. The van der Waals surface area contributed by atoms with E-state index in [0.717, 1.165) is 32.1 Å². The number of hydrogen-bond acceptors (Lipinski definition) is 8. The normalized spacial score (nSPS) is 13.8. The van der Waals surface area contributed by atoms with Crippen molar-refractivity contribution >= 4 is 5.97 Å². The number of aliphatic hydroxyl groups is 6. The molecule has 0 saturated heterocycles. The zero-order valence-corrected chi connectivity index (χ0v) is 15.7. The van der Waals surface area contributed by atoms with Crippen molar-refractivity contribution in [3.05, 3.63) is 0 Å². The van der Waals surface area contributed by atoms with Gasteiger partial charge in [-0.2, -0.15) is 0 Å². The van der Waals surface area contributed by atoms with Crippen LogP contribution in [-0.4, -0.2) is 54.2 Å². The third-order valence-electron chi connectivity index (χ3n) is 5.46. The monoisotopic (exact) mass is 366 g/mol. The molecule has 0 aromatic heterocycles. The fourth-order valence-electron chi connectivity index (χ4n) is 3.20. The van der Waals surface area contributed by atoms with E-state index in [-0.39, 0.29) is 11.8 Å². The molecule has 0 fully saturated rings. The second kappa shape index (κ2) is 9.25. The summed E-state index contributed by atoms with van der Waals surface area (Å²) in [5.41, 5.74) is -2.87. The van der Waals surface area contributed by atoms with Gasteiger partial charge in [0.1, 0.15) is 0 Å². The maximum atomic E-state index is 12.0. The van der Waals surface area contributed by atoms with Crippen LogP contribution in [0, 0.1) is 5.41 Å². The summed E-state index contributed by atoms with van der Waals surface area (Å²) in [6.45, 7) is 7.57. The Kier molecular flexibility index (Phi) is 8.96. The van der Waals surface area contributed by atoms with Gasteiger partial charge < -0.3 is 35.4 Å². The van der Waals surface area contributed by atoms with Gasteiger partial charge in [-0.1, -0.05) is 53.4 Å². The number of carbonyl (C=O) groups excluding carboxylic acids is 1. The van der Waals surface area contributed by atoms with Gasteiger partial charge in [0.25, 0.3) is 5.60 Å². The van der Waals surface area contributed by atoms with Crippen molar-refractivity contribution in [3.63, 3.8) is 0 Å². The summed E-state index contributed by atoms with van der Waals surface area (Å²) in [7, 11) is 0. The van der Waals surface area contributed by atoms with Crippen LogP contribution in [0.25, 0.3) is 0 Å². The zero-order chi connectivity index (χ0) is 19.9. The van der Waals surface area contributed by atoms with Crippen molar-refractivity contribution in [2.45, 2.75) is 96.6 Å². The van der Waals surface area contributed by atoms with E-state index in [0.29, 0.717) is 6.42 Å². The summed E-state index contributed by atoms with van der Waals surface area (Å²) in [5, 5.41) is 56.0. The molecule has 0 heterocycles. The predicted octanol–water partition coefficient (Wildman–Crippen LogP) is 0.717. The molecule has 0 spiro atoms. The molecular weight excluding hydrogens is 332 g/mol. The SMILES string of the molecule is CCC(CC)(CC)CCCCC(=O)OC(CC)(C(O)(O)O)C(O)(O)O. The lowest BCUT2D eigenvalue weighted by atomic mass is 9.75. The smallest absolute Gasteiger partial charge is 0.326 e. The lowest BCUT2D eigenvalue weighted by molar-refractivity contribution is -0.493. The quantitative estimate of drug-likeness (QED) is 0.168. The van der Waals surface area contributed by atoms with E-state index >= 15 is 0 Å². The lowest BCUT2D eigenvalue weighted by Gasteiger charge is -2.42. The van der Waals surface area contributed by atoms with Crippen LogP contribution in [-0.2, 0) is 9.53 Å². The first-order valence-corrected chi connectivity index (χ1v) is 8.90. The van der Waals surface area contributed by atoms with Crippen LogP contribution < -0.4 is 0 Å². The Balaban J connectivity index is 4.82. The summed E-state index contributed by atoms with van der Waals surface area (Å²) in [6.07, 6.45) is 4.45. The summed E-state index contributed by atoms with van der Waals surface area (Å²) in [6, 6.07) is 0. The largest absolute Gasteiger partial charge is 0.442 e. The van der Waals surface area contributed by atoms with E-state index in [1.807, 2.05) is 0 Å². The van der Waals surface area contributed by atoms with Gasteiger partial charge in [0.15, 0.2) is 0 Å². The van der Waals surface area contributed by atoms with E-state index in [9.17, 15) is 35.4 Å². The third-order valence-corrected chi connectivity index (χ3v) is 5.46. The highest BCUT2D eigenvalue weighted by molar-refractivity contribution is 5.70. The first-order valence-electron chi connectivity index (χ1n) is 8.90. The Labute approximate surface area is 149 Å². The van der Waals surface area contributed by atoms with E-state index in [1.165, 1.54) is 6.92 Å². The van der Waals surface area contributed by atoms with Crippen molar-refractivity contribution in [1.82, 2.24) is 0 Å². The Morgan fingerprint density at radius 3 is 1.52 bits per heavy atom. The molecule has 0 aliphatic heterocycles. The van der Waals surface area contributed by atoms with Crippen LogP contribution in [0.15, 0.2) is 0 Å². The van der Waals surface area contributed by atoms with Gasteiger partial charge in [-0.05, 0) is 18.3 Å². The Morgan fingerprint density at radius 1 is 0.760 bits per heavy atom. The van der Waals surface area contributed by atoms with Crippen molar-refractivity contribution in [2.75, 3.05) is 0 Å². The molecule has 0 aliphatic rings. The van der Waals surface area contributed by atoms with Crippen LogP contribution in [0.3, 0.4) is 0 Å². The van der Waals surface area contributed by atoms with Gasteiger partial charge in [-0.3, -0.25) is 4.79 Å². The van der Waals surface area contributed by atoms with Gasteiger partial charge in [-0.25, -0.2) is 0 Å². The zero-order valence-electron chi connectivity index (χ0n) is 15.7. The number of hydrogen-bond donors (Lipinski definition) is 6. The average Bonchev–Trinajstić information content (AvgIpc) is 2.51. The van der Waals surface area contributed by atoms with Gasteiger partial charge in [0.2, 0.25) is 0 Å². The molecule has 0 saturated carbocycles. The van der Waals surface area contributed by atoms with Gasteiger partial charge >= 0.3 is 17.9 Å².